The number of benzene rings is 1. The molecule has 1 amide bonds. The maximum absolute atomic E-state index is 12.6. The second-order valence-electron chi connectivity index (χ2n) is 7.04. The number of carbonyl (C=O) groups excluding carboxylic acids is 1. The molecular formula is C20H31N3OS. The highest BCUT2D eigenvalue weighted by molar-refractivity contribution is 7.99. The lowest BCUT2D eigenvalue weighted by atomic mass is 9.85. The molecule has 2 atom stereocenters. The van der Waals surface area contributed by atoms with Gasteiger partial charge in [-0.25, -0.2) is 0 Å². The molecule has 0 aromatic heterocycles. The molecule has 0 bridgehead atoms. The molecule has 5 heteroatoms. The van der Waals surface area contributed by atoms with E-state index in [0.29, 0.717) is 12.1 Å². The minimum atomic E-state index is 0.0572. The Morgan fingerprint density at radius 3 is 2.24 bits per heavy atom. The van der Waals surface area contributed by atoms with Gasteiger partial charge in [0.05, 0.1) is 0 Å². The Bertz CT molecular complexity index is 553. The molecule has 4 nitrogen and oxygen atoms in total. The quantitative estimate of drug-likeness (QED) is 0.782. The van der Waals surface area contributed by atoms with Crippen LogP contribution >= 0.6 is 11.8 Å². The van der Waals surface area contributed by atoms with Crippen LogP contribution < -0.4 is 15.5 Å². The average molecular weight is 362 g/mol. The molecule has 2 N–H and O–H groups in total. The van der Waals surface area contributed by atoms with Crippen LogP contribution in [0.5, 0.6) is 0 Å². The first-order chi connectivity index (χ1) is 12.2. The zero-order valence-electron chi connectivity index (χ0n) is 15.5. The van der Waals surface area contributed by atoms with Crippen molar-refractivity contribution in [2.24, 2.45) is 0 Å². The lowest BCUT2D eigenvalue weighted by molar-refractivity contribution is 0.0888. The van der Waals surface area contributed by atoms with Gasteiger partial charge in [-0.05, 0) is 75.3 Å². The van der Waals surface area contributed by atoms with Crippen LogP contribution in [-0.4, -0.2) is 48.6 Å². The van der Waals surface area contributed by atoms with Crippen molar-refractivity contribution in [1.29, 1.82) is 0 Å². The van der Waals surface area contributed by atoms with Crippen molar-refractivity contribution in [3.8, 4) is 0 Å². The molecule has 1 aliphatic heterocycles. The van der Waals surface area contributed by atoms with Gasteiger partial charge < -0.3 is 15.5 Å². The monoisotopic (exact) mass is 361 g/mol. The second kappa shape index (κ2) is 8.95. The van der Waals surface area contributed by atoms with Crippen LogP contribution in [0, 0.1) is 0 Å². The second-order valence-corrected chi connectivity index (χ2v) is 8.26. The Morgan fingerprint density at radius 1 is 1.04 bits per heavy atom. The number of hydrogen-bond acceptors (Lipinski definition) is 4. The van der Waals surface area contributed by atoms with Crippen LogP contribution in [0.4, 0.5) is 5.69 Å². The van der Waals surface area contributed by atoms with Gasteiger partial charge >= 0.3 is 0 Å². The summed E-state index contributed by atoms with van der Waals surface area (Å²) >= 11 is 2.05. The van der Waals surface area contributed by atoms with Crippen molar-refractivity contribution < 1.29 is 4.79 Å². The summed E-state index contributed by atoms with van der Waals surface area (Å²) < 4.78 is 0. The fraction of sp³-hybridized carbons (Fsp3) is 0.650. The Labute approximate surface area is 156 Å². The number of nitrogens with zero attached hydrogens (tertiary/aromatic N) is 1. The first kappa shape index (κ1) is 18.6. The molecule has 0 unspecified atom stereocenters. The number of rotatable bonds is 7. The van der Waals surface area contributed by atoms with Gasteiger partial charge in [0.1, 0.15) is 0 Å². The Balaban J connectivity index is 1.51. The SMILES string of the molecule is CCN(CC)c1ccc(C(=O)N[C@H]2CC[C@H]2NC2CCSCC2)cc1. The third-order valence-corrected chi connectivity index (χ3v) is 6.57. The highest BCUT2D eigenvalue weighted by Crippen LogP contribution is 2.25. The van der Waals surface area contributed by atoms with Crippen LogP contribution in [0.1, 0.15) is 49.9 Å². The fourth-order valence-electron chi connectivity index (χ4n) is 3.70. The van der Waals surface area contributed by atoms with Gasteiger partial charge in [-0.2, -0.15) is 11.8 Å². The van der Waals surface area contributed by atoms with E-state index in [1.165, 1.54) is 36.5 Å². The van der Waals surface area contributed by atoms with Gasteiger partial charge in [-0.3, -0.25) is 4.79 Å². The van der Waals surface area contributed by atoms with E-state index in [2.05, 4.69) is 53.3 Å². The summed E-state index contributed by atoms with van der Waals surface area (Å²) in [5.74, 6) is 2.59. The van der Waals surface area contributed by atoms with Crippen LogP contribution in [0.2, 0.25) is 0 Å². The molecule has 1 saturated carbocycles. The van der Waals surface area contributed by atoms with Gasteiger partial charge in [0.15, 0.2) is 0 Å². The molecule has 0 radical (unpaired) electrons. The van der Waals surface area contributed by atoms with Crippen LogP contribution in [0.3, 0.4) is 0 Å². The van der Waals surface area contributed by atoms with Gasteiger partial charge in [0.2, 0.25) is 0 Å². The summed E-state index contributed by atoms with van der Waals surface area (Å²) in [5, 5.41) is 7.00. The van der Waals surface area contributed by atoms with Gasteiger partial charge in [-0.1, -0.05) is 0 Å². The van der Waals surface area contributed by atoms with Gasteiger partial charge in [-0.15, -0.1) is 0 Å². The number of anilines is 1. The molecule has 0 spiro atoms. The summed E-state index contributed by atoms with van der Waals surface area (Å²) in [6.07, 6.45) is 4.78. The van der Waals surface area contributed by atoms with Crippen LogP contribution in [0.15, 0.2) is 24.3 Å². The predicted octanol–water partition coefficient (Wildman–Crippen LogP) is 3.28. The highest BCUT2D eigenvalue weighted by atomic mass is 32.2. The smallest absolute Gasteiger partial charge is 0.251 e. The lowest BCUT2D eigenvalue weighted by Crippen LogP contribution is -2.59. The maximum Gasteiger partial charge on any atom is 0.251 e. The topological polar surface area (TPSA) is 44.4 Å². The molecule has 138 valence electrons. The number of carbonyl (C=O) groups is 1. The van der Waals surface area contributed by atoms with E-state index in [9.17, 15) is 4.79 Å². The molecule has 2 aliphatic rings. The van der Waals surface area contributed by atoms with Crippen LogP contribution in [0.25, 0.3) is 0 Å². The molecule has 2 fully saturated rings. The zero-order chi connectivity index (χ0) is 17.6. The van der Waals surface area contributed by atoms with E-state index in [-0.39, 0.29) is 11.9 Å². The number of hydrogen-bond donors (Lipinski definition) is 2. The summed E-state index contributed by atoms with van der Waals surface area (Å²) in [4.78, 5) is 14.8. The van der Waals surface area contributed by atoms with E-state index < -0.39 is 0 Å². The molecule has 3 rings (SSSR count). The molecule has 1 aliphatic carbocycles. The summed E-state index contributed by atoms with van der Waals surface area (Å²) in [7, 11) is 0. The third-order valence-electron chi connectivity index (χ3n) is 5.52. The van der Waals surface area contributed by atoms with E-state index in [1.807, 2.05) is 12.1 Å². The Kier molecular flexibility index (Phi) is 6.65. The molecular weight excluding hydrogens is 330 g/mol. The fourth-order valence-corrected chi connectivity index (χ4v) is 4.81. The standard InChI is InChI=1S/C20H31N3OS/c1-3-23(4-2)17-7-5-15(6-8-17)20(24)22-19-10-9-18(19)21-16-11-13-25-14-12-16/h5-8,16,18-19,21H,3-4,9-14H2,1-2H3,(H,22,24)/t18-,19+/m1/s1. The van der Waals surface area contributed by atoms with Crippen molar-refractivity contribution in [2.75, 3.05) is 29.5 Å². The van der Waals surface area contributed by atoms with E-state index in [0.717, 1.165) is 25.1 Å². The predicted molar refractivity (Wildman–Crippen MR) is 108 cm³/mol. The normalized spacial score (nSPS) is 23.8. The number of amides is 1. The molecule has 25 heavy (non-hydrogen) atoms. The Hall–Kier alpha value is -1.20. The largest absolute Gasteiger partial charge is 0.372 e. The van der Waals surface area contributed by atoms with Gasteiger partial charge in [0, 0.05) is 42.5 Å². The lowest BCUT2D eigenvalue weighted by Gasteiger charge is -2.41. The summed E-state index contributed by atoms with van der Waals surface area (Å²) in [5.41, 5.74) is 1.94. The highest BCUT2D eigenvalue weighted by Gasteiger charge is 2.33. The molecule has 1 aromatic rings. The van der Waals surface area contributed by atoms with Crippen molar-refractivity contribution in [3.63, 3.8) is 0 Å². The van der Waals surface area contributed by atoms with E-state index in [1.54, 1.807) is 0 Å². The first-order valence-electron chi connectivity index (χ1n) is 9.71. The zero-order valence-corrected chi connectivity index (χ0v) is 16.3. The summed E-state index contributed by atoms with van der Waals surface area (Å²) in [6.45, 7) is 6.27. The molecule has 1 saturated heterocycles. The minimum Gasteiger partial charge on any atom is -0.372 e. The van der Waals surface area contributed by atoms with Crippen molar-refractivity contribution in [2.45, 2.75) is 57.7 Å². The van der Waals surface area contributed by atoms with Crippen molar-refractivity contribution >= 4 is 23.4 Å². The maximum atomic E-state index is 12.6. The van der Waals surface area contributed by atoms with Crippen LogP contribution in [-0.2, 0) is 0 Å². The number of thioether (sulfide) groups is 1. The molecule has 1 heterocycles. The van der Waals surface area contributed by atoms with Crippen molar-refractivity contribution in [3.05, 3.63) is 29.8 Å². The van der Waals surface area contributed by atoms with E-state index >= 15 is 0 Å². The van der Waals surface area contributed by atoms with Gasteiger partial charge in [0.25, 0.3) is 5.91 Å². The minimum absolute atomic E-state index is 0.0572. The average Bonchev–Trinajstić information content (AvgIpc) is 2.65. The number of nitrogens with one attached hydrogen (secondary N) is 2. The first-order valence-corrected chi connectivity index (χ1v) is 10.9. The third kappa shape index (κ3) is 4.70. The summed E-state index contributed by atoms with van der Waals surface area (Å²) in [6, 6.07) is 9.37. The van der Waals surface area contributed by atoms with Crippen molar-refractivity contribution in [1.82, 2.24) is 10.6 Å². The molecule has 1 aromatic carbocycles. The van der Waals surface area contributed by atoms with E-state index in [4.69, 9.17) is 0 Å². The Morgan fingerprint density at radius 2 is 1.68 bits per heavy atom.